The van der Waals surface area contributed by atoms with Gasteiger partial charge in [-0.25, -0.2) is 0 Å². The standard InChI is InChI=1S/C41H81NO5/c1-3-5-7-9-11-13-15-16-17-18-19-20-21-22-23-25-26-28-30-32-34-38(44)40(46)37(36-43)42-41(47)39(45)35-33-31-29-27-24-14-12-10-8-6-4-2/h26,28,37-40,43-46H,3-25,27,29-36H2,1-2H3,(H,42,47)/b28-26+. The Morgan fingerprint density at radius 1 is 0.511 bits per heavy atom. The van der Waals surface area contributed by atoms with Crippen LogP contribution in [-0.4, -0.2) is 57.3 Å². The topological polar surface area (TPSA) is 110 Å². The zero-order chi connectivity index (χ0) is 34.6. The van der Waals surface area contributed by atoms with Crippen molar-refractivity contribution in [3.05, 3.63) is 12.2 Å². The Bertz CT molecular complexity index is 672. The van der Waals surface area contributed by atoms with Crippen LogP contribution in [0.25, 0.3) is 0 Å². The molecule has 0 radical (unpaired) electrons. The maximum absolute atomic E-state index is 12.4. The lowest BCUT2D eigenvalue weighted by Crippen LogP contribution is -2.53. The molecule has 0 saturated carbocycles. The molecule has 0 aromatic carbocycles. The van der Waals surface area contributed by atoms with Crippen molar-refractivity contribution < 1.29 is 25.2 Å². The first-order valence-corrected chi connectivity index (χ1v) is 20.6. The van der Waals surface area contributed by atoms with E-state index in [-0.39, 0.29) is 0 Å². The minimum Gasteiger partial charge on any atom is -0.394 e. The van der Waals surface area contributed by atoms with Crippen LogP contribution < -0.4 is 5.32 Å². The van der Waals surface area contributed by atoms with Crippen molar-refractivity contribution in [1.82, 2.24) is 5.32 Å². The highest BCUT2D eigenvalue weighted by molar-refractivity contribution is 5.80. The minimum atomic E-state index is -1.28. The molecular formula is C41H81NO5. The Morgan fingerprint density at radius 2 is 0.872 bits per heavy atom. The Balaban J connectivity index is 3.76. The molecule has 0 aromatic rings. The highest BCUT2D eigenvalue weighted by atomic mass is 16.3. The molecule has 0 aliphatic heterocycles. The monoisotopic (exact) mass is 668 g/mol. The van der Waals surface area contributed by atoms with Gasteiger partial charge in [0.15, 0.2) is 0 Å². The molecule has 0 spiro atoms. The number of aliphatic hydroxyl groups excluding tert-OH is 4. The van der Waals surface area contributed by atoms with E-state index in [2.05, 4.69) is 31.3 Å². The third kappa shape index (κ3) is 30.8. The normalized spacial score (nSPS) is 14.4. The summed E-state index contributed by atoms with van der Waals surface area (Å²) in [6.45, 7) is 4.02. The lowest BCUT2D eigenvalue weighted by atomic mass is 10.00. The summed E-state index contributed by atoms with van der Waals surface area (Å²) in [6.07, 6.45) is 38.2. The van der Waals surface area contributed by atoms with Gasteiger partial charge >= 0.3 is 0 Å². The van der Waals surface area contributed by atoms with Crippen molar-refractivity contribution in [3.63, 3.8) is 0 Å². The third-order valence-electron chi connectivity index (χ3n) is 9.73. The molecule has 0 aromatic heterocycles. The number of unbranched alkanes of at least 4 members (excludes halogenated alkanes) is 26. The smallest absolute Gasteiger partial charge is 0.249 e. The lowest BCUT2D eigenvalue weighted by Gasteiger charge is -2.27. The molecule has 0 rings (SSSR count). The molecular weight excluding hydrogens is 586 g/mol. The van der Waals surface area contributed by atoms with Crippen LogP contribution in [0.1, 0.15) is 213 Å². The van der Waals surface area contributed by atoms with Gasteiger partial charge in [-0.2, -0.15) is 0 Å². The first-order chi connectivity index (χ1) is 23.0. The summed E-state index contributed by atoms with van der Waals surface area (Å²) in [5.41, 5.74) is 0. The van der Waals surface area contributed by atoms with Gasteiger partial charge in [0, 0.05) is 0 Å². The van der Waals surface area contributed by atoms with E-state index >= 15 is 0 Å². The molecule has 0 aliphatic rings. The SMILES string of the molecule is CCCCCCCCCCCCCCCCC/C=C/CCCC(O)C(O)C(CO)NC(=O)C(O)CCCCCCCCCCCCC. The van der Waals surface area contributed by atoms with Gasteiger partial charge in [-0.1, -0.05) is 187 Å². The molecule has 6 heteroatoms. The van der Waals surface area contributed by atoms with E-state index in [1.165, 1.54) is 148 Å². The summed E-state index contributed by atoms with van der Waals surface area (Å²) < 4.78 is 0. The molecule has 1 amide bonds. The fourth-order valence-corrected chi connectivity index (χ4v) is 6.40. The summed E-state index contributed by atoms with van der Waals surface area (Å²) in [7, 11) is 0. The number of aliphatic hydroxyl groups is 4. The minimum absolute atomic E-state index is 0.366. The zero-order valence-electron chi connectivity index (χ0n) is 31.3. The van der Waals surface area contributed by atoms with E-state index < -0.39 is 36.9 Å². The van der Waals surface area contributed by atoms with Gasteiger partial charge in [-0.15, -0.1) is 0 Å². The predicted molar refractivity (Wildman–Crippen MR) is 201 cm³/mol. The fraction of sp³-hybridized carbons (Fsp3) is 0.927. The predicted octanol–water partition coefficient (Wildman–Crippen LogP) is 10.2. The van der Waals surface area contributed by atoms with E-state index in [4.69, 9.17) is 0 Å². The second kappa shape index (κ2) is 36.3. The molecule has 47 heavy (non-hydrogen) atoms. The van der Waals surface area contributed by atoms with Crippen LogP contribution in [0.4, 0.5) is 0 Å². The van der Waals surface area contributed by atoms with Crippen LogP contribution in [0.5, 0.6) is 0 Å². The molecule has 280 valence electrons. The second-order valence-electron chi connectivity index (χ2n) is 14.3. The Hall–Kier alpha value is -0.950. The summed E-state index contributed by atoms with van der Waals surface area (Å²) in [5.74, 6) is -0.593. The number of rotatable bonds is 37. The van der Waals surface area contributed by atoms with Gasteiger partial charge in [0.05, 0.1) is 18.8 Å². The summed E-state index contributed by atoms with van der Waals surface area (Å²) in [6, 6.07) is -0.995. The number of hydrogen-bond donors (Lipinski definition) is 5. The van der Waals surface area contributed by atoms with Gasteiger partial charge in [0.25, 0.3) is 0 Å². The van der Waals surface area contributed by atoms with Crippen molar-refractivity contribution in [1.29, 1.82) is 0 Å². The zero-order valence-corrected chi connectivity index (χ0v) is 31.3. The van der Waals surface area contributed by atoms with Gasteiger partial charge < -0.3 is 25.7 Å². The van der Waals surface area contributed by atoms with Crippen molar-refractivity contribution in [2.45, 2.75) is 237 Å². The number of carbonyl (C=O) groups is 1. The van der Waals surface area contributed by atoms with Gasteiger partial charge in [-0.05, 0) is 38.5 Å². The molecule has 0 aliphatic carbocycles. The Morgan fingerprint density at radius 3 is 1.28 bits per heavy atom. The average molecular weight is 668 g/mol. The molecule has 0 heterocycles. The van der Waals surface area contributed by atoms with Crippen LogP contribution >= 0.6 is 0 Å². The van der Waals surface area contributed by atoms with Gasteiger partial charge in [0.1, 0.15) is 12.2 Å². The number of hydrogen-bond acceptors (Lipinski definition) is 5. The molecule has 0 saturated heterocycles. The number of amides is 1. The van der Waals surface area contributed by atoms with Crippen molar-refractivity contribution in [2.75, 3.05) is 6.61 Å². The van der Waals surface area contributed by atoms with Crippen LogP contribution in [0.3, 0.4) is 0 Å². The van der Waals surface area contributed by atoms with Crippen LogP contribution in [0.2, 0.25) is 0 Å². The highest BCUT2D eigenvalue weighted by Crippen LogP contribution is 2.16. The largest absolute Gasteiger partial charge is 0.394 e. The number of carbonyl (C=O) groups excluding carboxylic acids is 1. The first-order valence-electron chi connectivity index (χ1n) is 20.6. The van der Waals surface area contributed by atoms with Crippen LogP contribution in [0, 0.1) is 0 Å². The summed E-state index contributed by atoms with van der Waals surface area (Å²) >= 11 is 0. The summed E-state index contributed by atoms with van der Waals surface area (Å²) in [4.78, 5) is 12.4. The van der Waals surface area contributed by atoms with Gasteiger partial charge in [0.2, 0.25) is 5.91 Å². The molecule has 0 bridgehead atoms. The third-order valence-corrected chi connectivity index (χ3v) is 9.73. The van der Waals surface area contributed by atoms with Crippen molar-refractivity contribution >= 4 is 5.91 Å². The first kappa shape index (κ1) is 46.0. The molecule has 6 nitrogen and oxygen atoms in total. The fourth-order valence-electron chi connectivity index (χ4n) is 6.40. The molecule has 0 fully saturated rings. The Labute approximate surface area is 292 Å². The maximum atomic E-state index is 12.4. The Kier molecular flexibility index (Phi) is 35.6. The number of nitrogens with one attached hydrogen (secondary N) is 1. The maximum Gasteiger partial charge on any atom is 0.249 e. The lowest BCUT2D eigenvalue weighted by molar-refractivity contribution is -0.132. The van der Waals surface area contributed by atoms with Crippen molar-refractivity contribution in [2.24, 2.45) is 0 Å². The quantitative estimate of drug-likeness (QED) is 0.0335. The average Bonchev–Trinajstić information content (AvgIpc) is 3.07. The second-order valence-corrected chi connectivity index (χ2v) is 14.3. The number of allylic oxidation sites excluding steroid dienone is 2. The van der Waals surface area contributed by atoms with E-state index in [0.29, 0.717) is 12.8 Å². The molecule has 4 unspecified atom stereocenters. The molecule has 4 atom stereocenters. The van der Waals surface area contributed by atoms with E-state index in [0.717, 1.165) is 38.5 Å². The summed E-state index contributed by atoms with van der Waals surface area (Å²) in [5, 5.41) is 43.5. The molecule has 5 N–H and O–H groups in total. The highest BCUT2D eigenvalue weighted by Gasteiger charge is 2.28. The van der Waals surface area contributed by atoms with Crippen LogP contribution in [-0.2, 0) is 4.79 Å². The van der Waals surface area contributed by atoms with Gasteiger partial charge in [-0.3, -0.25) is 4.79 Å². The van der Waals surface area contributed by atoms with E-state index in [9.17, 15) is 25.2 Å². The van der Waals surface area contributed by atoms with E-state index in [1.807, 2.05) is 0 Å². The van der Waals surface area contributed by atoms with Crippen LogP contribution in [0.15, 0.2) is 12.2 Å². The van der Waals surface area contributed by atoms with E-state index in [1.54, 1.807) is 0 Å². The van der Waals surface area contributed by atoms with Crippen molar-refractivity contribution in [3.8, 4) is 0 Å².